The van der Waals surface area contributed by atoms with Crippen LogP contribution < -0.4 is 0 Å². The van der Waals surface area contributed by atoms with E-state index in [9.17, 15) is 0 Å². The summed E-state index contributed by atoms with van der Waals surface area (Å²) in [5, 5.41) is 0. The van der Waals surface area contributed by atoms with Crippen LogP contribution in [0.3, 0.4) is 0 Å². The van der Waals surface area contributed by atoms with Crippen molar-refractivity contribution in [1.82, 2.24) is 4.98 Å². The van der Waals surface area contributed by atoms with Crippen LogP contribution in [-0.2, 0) is 11.8 Å². The fourth-order valence-corrected chi connectivity index (χ4v) is 2.23. The molecule has 1 heterocycles. The van der Waals surface area contributed by atoms with Gasteiger partial charge in [0.25, 0.3) is 0 Å². The number of hydrogen-bond donors (Lipinski definition) is 0. The zero-order valence-electron chi connectivity index (χ0n) is 13.1. The van der Waals surface area contributed by atoms with E-state index in [0.717, 1.165) is 5.69 Å². The van der Waals surface area contributed by atoms with Gasteiger partial charge in [0, 0.05) is 11.8 Å². The molecule has 0 unspecified atom stereocenters. The maximum atomic E-state index is 4.61. The Bertz CT molecular complexity index is 529. The fourth-order valence-electron chi connectivity index (χ4n) is 2.23. The number of pyridine rings is 1. The molecule has 2 rings (SSSR count). The summed E-state index contributed by atoms with van der Waals surface area (Å²) < 4.78 is 0. The standard InChI is InChI=1S/C19H25N/c1-5-6-7-15-8-10-16(11-9-15)18-13-12-17(14-20-18)19(2,3)4/h8-14H,5-7H2,1-4H3. The van der Waals surface area contributed by atoms with E-state index in [2.05, 4.69) is 69.1 Å². The van der Waals surface area contributed by atoms with E-state index in [1.54, 1.807) is 0 Å². The Morgan fingerprint density at radius 3 is 2.15 bits per heavy atom. The molecule has 0 aliphatic carbocycles. The molecule has 0 bridgehead atoms. The number of aryl methyl sites for hydroxylation is 1. The quantitative estimate of drug-likeness (QED) is 0.724. The second-order valence-electron chi connectivity index (χ2n) is 6.48. The molecule has 2 aromatic rings. The summed E-state index contributed by atoms with van der Waals surface area (Å²) in [5.74, 6) is 0. The third-order valence-corrected chi connectivity index (χ3v) is 3.70. The van der Waals surface area contributed by atoms with Crippen LogP contribution in [0.25, 0.3) is 11.3 Å². The minimum Gasteiger partial charge on any atom is -0.256 e. The molecule has 0 radical (unpaired) electrons. The summed E-state index contributed by atoms with van der Waals surface area (Å²) >= 11 is 0. The van der Waals surface area contributed by atoms with E-state index in [1.807, 2.05) is 6.20 Å². The van der Waals surface area contributed by atoms with Crippen LogP contribution >= 0.6 is 0 Å². The van der Waals surface area contributed by atoms with E-state index >= 15 is 0 Å². The van der Waals surface area contributed by atoms with Crippen LogP contribution in [0.2, 0.25) is 0 Å². The lowest BCUT2D eigenvalue weighted by molar-refractivity contribution is 0.587. The largest absolute Gasteiger partial charge is 0.256 e. The minimum atomic E-state index is 0.162. The Balaban J connectivity index is 2.15. The van der Waals surface area contributed by atoms with Crippen LogP contribution in [0.15, 0.2) is 42.6 Å². The van der Waals surface area contributed by atoms with Gasteiger partial charge in [-0.1, -0.05) is 64.4 Å². The molecule has 0 saturated heterocycles. The fraction of sp³-hybridized carbons (Fsp3) is 0.421. The van der Waals surface area contributed by atoms with Crippen molar-refractivity contribution in [1.29, 1.82) is 0 Å². The van der Waals surface area contributed by atoms with Gasteiger partial charge in [-0.25, -0.2) is 0 Å². The van der Waals surface area contributed by atoms with Crippen molar-refractivity contribution in [3.05, 3.63) is 53.7 Å². The van der Waals surface area contributed by atoms with E-state index in [1.165, 1.54) is 36.0 Å². The van der Waals surface area contributed by atoms with Crippen LogP contribution in [0.4, 0.5) is 0 Å². The monoisotopic (exact) mass is 267 g/mol. The first-order chi connectivity index (χ1) is 9.50. The third kappa shape index (κ3) is 3.69. The molecule has 0 N–H and O–H groups in total. The predicted molar refractivity (Wildman–Crippen MR) is 87.0 cm³/mol. The van der Waals surface area contributed by atoms with Crippen molar-refractivity contribution in [2.45, 2.75) is 52.4 Å². The molecule has 0 fully saturated rings. The lowest BCUT2D eigenvalue weighted by atomic mass is 9.88. The van der Waals surface area contributed by atoms with Gasteiger partial charge < -0.3 is 0 Å². The lowest BCUT2D eigenvalue weighted by Gasteiger charge is -2.18. The molecule has 0 aliphatic rings. The van der Waals surface area contributed by atoms with Gasteiger partial charge in [0.2, 0.25) is 0 Å². The number of hydrogen-bond acceptors (Lipinski definition) is 1. The normalized spacial score (nSPS) is 11.6. The number of nitrogens with zero attached hydrogens (tertiary/aromatic N) is 1. The second kappa shape index (κ2) is 6.21. The zero-order chi connectivity index (χ0) is 14.6. The van der Waals surface area contributed by atoms with Crippen LogP contribution in [0.1, 0.15) is 51.7 Å². The second-order valence-corrected chi connectivity index (χ2v) is 6.48. The minimum absolute atomic E-state index is 0.162. The first-order valence-electron chi connectivity index (χ1n) is 7.56. The molecule has 0 spiro atoms. The molecule has 0 aliphatic heterocycles. The van der Waals surface area contributed by atoms with E-state index in [4.69, 9.17) is 0 Å². The van der Waals surface area contributed by atoms with Gasteiger partial charge in [-0.05, 0) is 35.4 Å². The summed E-state index contributed by atoms with van der Waals surface area (Å²) in [6, 6.07) is 13.1. The van der Waals surface area contributed by atoms with Crippen molar-refractivity contribution >= 4 is 0 Å². The number of benzene rings is 1. The van der Waals surface area contributed by atoms with Gasteiger partial charge in [0.05, 0.1) is 5.69 Å². The average Bonchev–Trinajstić information content (AvgIpc) is 2.45. The van der Waals surface area contributed by atoms with Crippen LogP contribution in [-0.4, -0.2) is 4.98 Å². The summed E-state index contributed by atoms with van der Waals surface area (Å²) in [4.78, 5) is 4.61. The highest BCUT2D eigenvalue weighted by Gasteiger charge is 2.13. The molecular formula is C19H25N. The maximum Gasteiger partial charge on any atom is 0.0702 e. The van der Waals surface area contributed by atoms with E-state index < -0.39 is 0 Å². The Morgan fingerprint density at radius 1 is 0.950 bits per heavy atom. The highest BCUT2D eigenvalue weighted by molar-refractivity contribution is 5.59. The van der Waals surface area contributed by atoms with Crippen molar-refractivity contribution in [2.75, 3.05) is 0 Å². The topological polar surface area (TPSA) is 12.9 Å². The SMILES string of the molecule is CCCCc1ccc(-c2ccc(C(C)(C)C)cn2)cc1. The van der Waals surface area contributed by atoms with Gasteiger partial charge in [0.1, 0.15) is 0 Å². The first kappa shape index (κ1) is 14.8. The first-order valence-corrected chi connectivity index (χ1v) is 7.56. The number of rotatable bonds is 4. The zero-order valence-corrected chi connectivity index (χ0v) is 13.1. The summed E-state index contributed by atoms with van der Waals surface area (Å²) in [6.07, 6.45) is 5.68. The van der Waals surface area contributed by atoms with Gasteiger partial charge >= 0.3 is 0 Å². The Labute approximate surface area is 123 Å². The molecule has 1 heteroatoms. The van der Waals surface area contributed by atoms with Crippen molar-refractivity contribution in [2.24, 2.45) is 0 Å². The molecule has 1 nitrogen and oxygen atoms in total. The van der Waals surface area contributed by atoms with Crippen molar-refractivity contribution < 1.29 is 0 Å². The molecular weight excluding hydrogens is 242 g/mol. The van der Waals surface area contributed by atoms with Crippen LogP contribution in [0.5, 0.6) is 0 Å². The smallest absolute Gasteiger partial charge is 0.0702 e. The summed E-state index contributed by atoms with van der Waals surface area (Å²) in [6.45, 7) is 8.87. The predicted octanol–water partition coefficient (Wildman–Crippen LogP) is 5.39. The lowest BCUT2D eigenvalue weighted by Crippen LogP contribution is -2.11. The number of aromatic nitrogens is 1. The highest BCUT2D eigenvalue weighted by atomic mass is 14.7. The van der Waals surface area contributed by atoms with Crippen molar-refractivity contribution in [3.8, 4) is 11.3 Å². The average molecular weight is 267 g/mol. The Kier molecular flexibility index (Phi) is 4.59. The maximum absolute atomic E-state index is 4.61. The molecule has 1 aromatic heterocycles. The third-order valence-electron chi connectivity index (χ3n) is 3.70. The van der Waals surface area contributed by atoms with Gasteiger partial charge in [-0.15, -0.1) is 0 Å². The Hall–Kier alpha value is -1.63. The van der Waals surface area contributed by atoms with Crippen LogP contribution in [0, 0.1) is 0 Å². The van der Waals surface area contributed by atoms with E-state index in [0.29, 0.717) is 0 Å². The van der Waals surface area contributed by atoms with E-state index in [-0.39, 0.29) is 5.41 Å². The van der Waals surface area contributed by atoms with Gasteiger partial charge in [-0.3, -0.25) is 4.98 Å². The molecule has 106 valence electrons. The molecule has 0 atom stereocenters. The number of unbranched alkanes of at least 4 members (excludes halogenated alkanes) is 1. The Morgan fingerprint density at radius 2 is 1.65 bits per heavy atom. The summed E-state index contributed by atoms with van der Waals surface area (Å²) in [7, 11) is 0. The molecule has 1 aromatic carbocycles. The molecule has 20 heavy (non-hydrogen) atoms. The van der Waals surface area contributed by atoms with Crippen molar-refractivity contribution in [3.63, 3.8) is 0 Å². The van der Waals surface area contributed by atoms with Gasteiger partial charge in [-0.2, -0.15) is 0 Å². The molecule has 0 amide bonds. The highest BCUT2D eigenvalue weighted by Crippen LogP contribution is 2.24. The summed E-state index contributed by atoms with van der Waals surface area (Å²) in [5.41, 5.74) is 5.11. The molecule has 0 saturated carbocycles. The van der Waals surface area contributed by atoms with Gasteiger partial charge in [0.15, 0.2) is 0 Å².